The smallest absolute Gasteiger partial charge is 0.165 e. The van der Waals surface area contributed by atoms with E-state index in [0.717, 1.165) is 54.6 Å². The fourth-order valence-corrected chi connectivity index (χ4v) is 3.43. The second kappa shape index (κ2) is 5.91. The lowest BCUT2D eigenvalue weighted by molar-refractivity contribution is 0.311. The predicted octanol–water partition coefficient (Wildman–Crippen LogP) is 2.76. The summed E-state index contributed by atoms with van der Waals surface area (Å²) in [5.74, 6) is 1.15. The molecule has 0 atom stereocenters. The van der Waals surface area contributed by atoms with Crippen molar-refractivity contribution in [2.75, 3.05) is 38.1 Å². The summed E-state index contributed by atoms with van der Waals surface area (Å²) in [6.07, 6.45) is 0. The molecule has 1 aromatic carbocycles. The summed E-state index contributed by atoms with van der Waals surface area (Å²) in [6, 6.07) is 12.6. The van der Waals surface area contributed by atoms with Crippen LogP contribution in [0.5, 0.6) is 0 Å². The number of likely N-dealkylation sites (N-methyl/N-ethyl adjacent to an activating group) is 1. The Morgan fingerprint density at radius 1 is 0.958 bits per heavy atom. The molecule has 5 heteroatoms. The predicted molar refractivity (Wildman–Crippen MR) is 97.6 cm³/mol. The molecule has 1 aliphatic heterocycles. The maximum Gasteiger partial charge on any atom is 0.165 e. The number of hydrogen-bond donors (Lipinski definition) is 0. The molecule has 1 saturated heterocycles. The number of rotatable bonds is 2. The van der Waals surface area contributed by atoms with E-state index in [9.17, 15) is 0 Å². The van der Waals surface area contributed by atoms with E-state index in [2.05, 4.69) is 61.0 Å². The minimum atomic E-state index is 0.952. The molecule has 5 nitrogen and oxygen atoms in total. The molecule has 0 unspecified atom stereocenters. The Labute approximate surface area is 142 Å². The van der Waals surface area contributed by atoms with Gasteiger partial charge in [0.25, 0.3) is 0 Å². The van der Waals surface area contributed by atoms with Crippen LogP contribution in [0.3, 0.4) is 0 Å². The van der Waals surface area contributed by atoms with Gasteiger partial charge < -0.3 is 9.80 Å². The highest BCUT2D eigenvalue weighted by Gasteiger charge is 2.21. The van der Waals surface area contributed by atoms with Crippen molar-refractivity contribution in [2.24, 2.45) is 0 Å². The molecule has 1 fully saturated rings. The van der Waals surface area contributed by atoms with E-state index in [-0.39, 0.29) is 0 Å². The molecule has 3 aromatic rings. The standard InChI is InChI=1S/C19H23N5/c1-14-13-17(23-11-9-22(3)10-12-23)24-19(20-14)18(15(2)21-24)16-7-5-4-6-8-16/h4-8,13H,9-12H2,1-3H3. The van der Waals surface area contributed by atoms with Gasteiger partial charge in [0.15, 0.2) is 5.65 Å². The number of fused-ring (bicyclic) bond motifs is 1. The van der Waals surface area contributed by atoms with Crippen LogP contribution in [0.4, 0.5) is 5.82 Å². The van der Waals surface area contributed by atoms with Crippen LogP contribution in [0.2, 0.25) is 0 Å². The molecular formula is C19H23N5. The van der Waals surface area contributed by atoms with E-state index < -0.39 is 0 Å². The summed E-state index contributed by atoms with van der Waals surface area (Å²) in [6.45, 7) is 8.34. The summed E-state index contributed by atoms with van der Waals surface area (Å²) in [7, 11) is 2.18. The van der Waals surface area contributed by atoms with Gasteiger partial charge in [-0.05, 0) is 26.5 Å². The van der Waals surface area contributed by atoms with Crippen LogP contribution >= 0.6 is 0 Å². The summed E-state index contributed by atoms with van der Waals surface area (Å²) in [4.78, 5) is 9.59. The normalized spacial score (nSPS) is 16.0. The Hall–Kier alpha value is -2.40. The molecule has 0 aliphatic carbocycles. The Bertz CT molecular complexity index is 860. The van der Waals surface area contributed by atoms with Crippen LogP contribution in [0.15, 0.2) is 36.4 Å². The van der Waals surface area contributed by atoms with Gasteiger partial charge >= 0.3 is 0 Å². The SMILES string of the molecule is Cc1cc(N2CCN(C)CC2)n2nc(C)c(-c3ccccc3)c2n1. The largest absolute Gasteiger partial charge is 0.354 e. The fraction of sp³-hybridized carbons (Fsp3) is 0.368. The van der Waals surface area contributed by atoms with Crippen molar-refractivity contribution < 1.29 is 0 Å². The van der Waals surface area contributed by atoms with Gasteiger partial charge in [0, 0.05) is 43.5 Å². The Balaban J connectivity index is 1.88. The van der Waals surface area contributed by atoms with E-state index >= 15 is 0 Å². The maximum absolute atomic E-state index is 4.82. The summed E-state index contributed by atoms with van der Waals surface area (Å²) in [5, 5.41) is 4.82. The van der Waals surface area contributed by atoms with Gasteiger partial charge in [-0.2, -0.15) is 9.61 Å². The molecule has 124 valence electrons. The monoisotopic (exact) mass is 321 g/mol. The molecule has 0 bridgehead atoms. The number of anilines is 1. The van der Waals surface area contributed by atoms with Gasteiger partial charge in [-0.15, -0.1) is 0 Å². The van der Waals surface area contributed by atoms with Gasteiger partial charge in [0.2, 0.25) is 0 Å². The van der Waals surface area contributed by atoms with E-state index in [1.54, 1.807) is 0 Å². The van der Waals surface area contributed by atoms with E-state index in [1.165, 1.54) is 5.56 Å². The molecule has 24 heavy (non-hydrogen) atoms. The number of piperazine rings is 1. The molecule has 0 radical (unpaired) electrons. The molecule has 0 amide bonds. The number of aromatic nitrogens is 3. The summed E-state index contributed by atoms with van der Waals surface area (Å²) >= 11 is 0. The molecule has 4 rings (SSSR count). The third-order valence-electron chi connectivity index (χ3n) is 4.76. The highest BCUT2D eigenvalue weighted by Crippen LogP contribution is 2.30. The van der Waals surface area contributed by atoms with Crippen LogP contribution in [-0.2, 0) is 0 Å². The number of nitrogens with zero attached hydrogens (tertiary/aromatic N) is 5. The topological polar surface area (TPSA) is 36.7 Å². The van der Waals surface area contributed by atoms with Crippen LogP contribution in [0, 0.1) is 13.8 Å². The van der Waals surface area contributed by atoms with Gasteiger partial charge in [0.05, 0.1) is 5.69 Å². The van der Waals surface area contributed by atoms with Crippen molar-refractivity contribution >= 4 is 11.5 Å². The van der Waals surface area contributed by atoms with Crippen LogP contribution < -0.4 is 4.90 Å². The van der Waals surface area contributed by atoms with E-state index in [1.807, 2.05) is 10.6 Å². The van der Waals surface area contributed by atoms with Crippen LogP contribution in [0.25, 0.3) is 16.8 Å². The first-order valence-corrected chi connectivity index (χ1v) is 8.49. The van der Waals surface area contributed by atoms with Crippen molar-refractivity contribution in [3.05, 3.63) is 47.8 Å². The highest BCUT2D eigenvalue weighted by molar-refractivity contribution is 5.81. The first-order chi connectivity index (χ1) is 11.6. The molecule has 3 heterocycles. The molecule has 0 saturated carbocycles. The highest BCUT2D eigenvalue weighted by atomic mass is 15.4. The van der Waals surface area contributed by atoms with Crippen molar-refractivity contribution in [3.8, 4) is 11.1 Å². The zero-order chi connectivity index (χ0) is 16.7. The number of hydrogen-bond acceptors (Lipinski definition) is 4. The lowest BCUT2D eigenvalue weighted by atomic mass is 10.1. The first kappa shape index (κ1) is 15.1. The van der Waals surface area contributed by atoms with E-state index in [0.29, 0.717) is 0 Å². The summed E-state index contributed by atoms with van der Waals surface area (Å²) in [5.41, 5.74) is 5.32. The third kappa shape index (κ3) is 2.55. The number of aryl methyl sites for hydroxylation is 2. The van der Waals surface area contributed by atoms with Gasteiger partial charge in [-0.25, -0.2) is 4.98 Å². The van der Waals surface area contributed by atoms with Crippen LogP contribution in [-0.4, -0.2) is 52.7 Å². The minimum Gasteiger partial charge on any atom is -0.354 e. The second-order valence-corrected chi connectivity index (χ2v) is 6.61. The van der Waals surface area contributed by atoms with Crippen molar-refractivity contribution in [3.63, 3.8) is 0 Å². The molecular weight excluding hydrogens is 298 g/mol. The Morgan fingerprint density at radius 2 is 1.67 bits per heavy atom. The van der Waals surface area contributed by atoms with Crippen LogP contribution in [0.1, 0.15) is 11.4 Å². The number of benzene rings is 1. The van der Waals surface area contributed by atoms with Gasteiger partial charge in [-0.1, -0.05) is 30.3 Å². The molecule has 0 N–H and O–H groups in total. The van der Waals surface area contributed by atoms with E-state index in [4.69, 9.17) is 10.1 Å². The van der Waals surface area contributed by atoms with Gasteiger partial charge in [-0.3, -0.25) is 0 Å². The quantitative estimate of drug-likeness (QED) is 0.727. The Kier molecular flexibility index (Phi) is 3.73. The fourth-order valence-electron chi connectivity index (χ4n) is 3.43. The lowest BCUT2D eigenvalue weighted by Gasteiger charge is -2.34. The Morgan fingerprint density at radius 3 is 2.38 bits per heavy atom. The molecule has 1 aliphatic rings. The molecule has 2 aromatic heterocycles. The van der Waals surface area contributed by atoms with Crippen molar-refractivity contribution in [2.45, 2.75) is 13.8 Å². The third-order valence-corrected chi connectivity index (χ3v) is 4.76. The average molecular weight is 321 g/mol. The zero-order valence-corrected chi connectivity index (χ0v) is 14.5. The second-order valence-electron chi connectivity index (χ2n) is 6.61. The van der Waals surface area contributed by atoms with Crippen molar-refractivity contribution in [1.82, 2.24) is 19.5 Å². The first-order valence-electron chi connectivity index (χ1n) is 8.49. The minimum absolute atomic E-state index is 0.952. The maximum atomic E-state index is 4.82. The zero-order valence-electron chi connectivity index (χ0n) is 14.5. The van der Waals surface area contributed by atoms with Gasteiger partial charge in [0.1, 0.15) is 5.82 Å². The van der Waals surface area contributed by atoms with Crippen molar-refractivity contribution in [1.29, 1.82) is 0 Å². The lowest BCUT2D eigenvalue weighted by Crippen LogP contribution is -2.45. The average Bonchev–Trinajstić information content (AvgIpc) is 2.91. The molecule has 0 spiro atoms. The summed E-state index contributed by atoms with van der Waals surface area (Å²) < 4.78 is 2.02.